The number of aryl methyl sites for hydroxylation is 1. The number of likely N-dealkylation sites (N-methyl/N-ethyl adjacent to an activating group) is 1. The predicted octanol–water partition coefficient (Wildman–Crippen LogP) is 3.32. The third kappa shape index (κ3) is 3.54. The molecule has 0 spiro atoms. The molecule has 0 atom stereocenters. The summed E-state index contributed by atoms with van der Waals surface area (Å²) >= 11 is 6.05. The Balaban J connectivity index is 1.82. The molecular formula is C22H21ClFN3O2. The lowest BCUT2D eigenvalue weighted by Gasteiger charge is -2.34. The molecule has 2 aliphatic heterocycles. The highest BCUT2D eigenvalue weighted by molar-refractivity contribution is 6.45. The molecule has 7 heteroatoms. The molecular weight excluding hydrogens is 393 g/mol. The monoisotopic (exact) mass is 413 g/mol. The highest BCUT2D eigenvalue weighted by Gasteiger charge is 2.43. The largest absolute Gasteiger partial charge is 0.364 e. The number of benzene rings is 2. The van der Waals surface area contributed by atoms with E-state index >= 15 is 0 Å². The number of halogens is 2. The Hall–Kier alpha value is -2.70. The molecule has 0 bridgehead atoms. The fourth-order valence-electron chi connectivity index (χ4n) is 3.81. The third-order valence-electron chi connectivity index (χ3n) is 5.41. The number of hydrogen-bond acceptors (Lipinski definition) is 4. The molecule has 29 heavy (non-hydrogen) atoms. The minimum atomic E-state index is -0.402. The fraction of sp³-hybridized carbons (Fsp3) is 0.273. The second-order valence-corrected chi connectivity index (χ2v) is 7.83. The van der Waals surface area contributed by atoms with Gasteiger partial charge in [0.15, 0.2) is 0 Å². The van der Waals surface area contributed by atoms with Crippen molar-refractivity contribution < 1.29 is 14.0 Å². The molecule has 0 unspecified atom stereocenters. The maximum Gasteiger partial charge on any atom is 0.282 e. The van der Waals surface area contributed by atoms with Gasteiger partial charge in [-0.25, -0.2) is 9.29 Å². The molecule has 2 aromatic rings. The van der Waals surface area contributed by atoms with Crippen molar-refractivity contribution in [2.75, 3.05) is 38.1 Å². The summed E-state index contributed by atoms with van der Waals surface area (Å²) in [6.07, 6.45) is 0. The average molecular weight is 414 g/mol. The Morgan fingerprint density at radius 2 is 1.59 bits per heavy atom. The first-order chi connectivity index (χ1) is 13.9. The van der Waals surface area contributed by atoms with E-state index in [0.29, 0.717) is 40.6 Å². The number of carbonyl (C=O) groups is 2. The molecule has 2 amide bonds. The minimum Gasteiger partial charge on any atom is -0.364 e. The lowest BCUT2D eigenvalue weighted by molar-refractivity contribution is -0.120. The number of nitrogens with zero attached hydrogens (tertiary/aromatic N) is 3. The molecule has 0 aromatic heterocycles. The maximum absolute atomic E-state index is 13.5. The van der Waals surface area contributed by atoms with Crippen LogP contribution in [0.5, 0.6) is 0 Å². The van der Waals surface area contributed by atoms with Gasteiger partial charge in [0.2, 0.25) is 0 Å². The number of imide groups is 1. The molecule has 1 saturated heterocycles. The van der Waals surface area contributed by atoms with E-state index in [2.05, 4.69) is 4.90 Å². The van der Waals surface area contributed by atoms with Crippen LogP contribution in [0.3, 0.4) is 0 Å². The standard InChI is InChI=1S/C22H21ClFN3O2/c1-14-13-16(23)5-8-18(14)27-21(28)19(15-3-6-17(24)7-4-15)20(22(27)29)26-11-9-25(2)10-12-26/h3-8,13H,9-12H2,1-2H3. The van der Waals surface area contributed by atoms with Gasteiger partial charge in [-0.1, -0.05) is 23.7 Å². The average Bonchev–Trinajstić information content (AvgIpc) is 2.94. The lowest BCUT2D eigenvalue weighted by atomic mass is 10.0. The van der Waals surface area contributed by atoms with Crippen molar-refractivity contribution in [2.45, 2.75) is 6.92 Å². The summed E-state index contributed by atoms with van der Waals surface area (Å²) in [6.45, 7) is 4.68. The van der Waals surface area contributed by atoms with Gasteiger partial charge in [0.05, 0.1) is 11.3 Å². The van der Waals surface area contributed by atoms with Crippen molar-refractivity contribution in [3.63, 3.8) is 0 Å². The second-order valence-electron chi connectivity index (χ2n) is 7.40. The molecule has 150 valence electrons. The summed E-state index contributed by atoms with van der Waals surface area (Å²) < 4.78 is 13.5. The van der Waals surface area contributed by atoms with Gasteiger partial charge < -0.3 is 9.80 Å². The molecule has 0 saturated carbocycles. The highest BCUT2D eigenvalue weighted by Crippen LogP contribution is 2.37. The Morgan fingerprint density at radius 3 is 2.21 bits per heavy atom. The smallest absolute Gasteiger partial charge is 0.282 e. The molecule has 4 rings (SSSR count). The van der Waals surface area contributed by atoms with Crippen molar-refractivity contribution in [3.05, 3.63) is 70.1 Å². The van der Waals surface area contributed by atoms with Gasteiger partial charge in [-0.3, -0.25) is 9.59 Å². The van der Waals surface area contributed by atoms with E-state index in [9.17, 15) is 14.0 Å². The summed E-state index contributed by atoms with van der Waals surface area (Å²) in [5.74, 6) is -1.15. The Bertz CT molecular complexity index is 1010. The zero-order chi connectivity index (χ0) is 20.7. The first-order valence-corrected chi connectivity index (χ1v) is 9.83. The van der Waals surface area contributed by atoms with Crippen molar-refractivity contribution in [1.29, 1.82) is 0 Å². The van der Waals surface area contributed by atoms with Gasteiger partial charge in [-0.2, -0.15) is 0 Å². The van der Waals surface area contributed by atoms with Crippen molar-refractivity contribution in [1.82, 2.24) is 9.80 Å². The highest BCUT2D eigenvalue weighted by atomic mass is 35.5. The van der Waals surface area contributed by atoms with Gasteiger partial charge in [0, 0.05) is 31.2 Å². The van der Waals surface area contributed by atoms with E-state index in [1.807, 2.05) is 18.9 Å². The van der Waals surface area contributed by atoms with E-state index in [1.54, 1.807) is 30.3 Å². The van der Waals surface area contributed by atoms with Crippen LogP contribution >= 0.6 is 11.6 Å². The first kappa shape index (κ1) is 19.6. The Morgan fingerprint density at radius 1 is 0.931 bits per heavy atom. The number of anilines is 1. The Labute approximate surface area is 174 Å². The van der Waals surface area contributed by atoms with E-state index in [0.717, 1.165) is 18.7 Å². The van der Waals surface area contributed by atoms with E-state index in [-0.39, 0.29) is 5.91 Å². The summed E-state index contributed by atoms with van der Waals surface area (Å²) in [6, 6.07) is 10.8. The Kier molecular flexibility index (Phi) is 5.15. The van der Waals surface area contributed by atoms with Gasteiger partial charge in [-0.15, -0.1) is 0 Å². The number of piperazine rings is 1. The maximum atomic E-state index is 13.5. The summed E-state index contributed by atoms with van der Waals surface area (Å²) in [4.78, 5) is 32.3. The molecule has 1 fully saturated rings. The molecule has 5 nitrogen and oxygen atoms in total. The summed E-state index contributed by atoms with van der Waals surface area (Å²) in [5, 5.41) is 0.538. The topological polar surface area (TPSA) is 43.9 Å². The summed E-state index contributed by atoms with van der Waals surface area (Å²) in [7, 11) is 2.03. The molecule has 2 aromatic carbocycles. The summed E-state index contributed by atoms with van der Waals surface area (Å²) in [5.41, 5.74) is 2.47. The van der Waals surface area contributed by atoms with Crippen LogP contribution in [-0.2, 0) is 9.59 Å². The van der Waals surface area contributed by atoms with Crippen LogP contribution < -0.4 is 4.90 Å². The number of rotatable bonds is 3. The van der Waals surface area contributed by atoms with Crippen molar-refractivity contribution in [3.8, 4) is 0 Å². The molecule has 0 radical (unpaired) electrons. The van der Waals surface area contributed by atoms with Gasteiger partial charge in [0.1, 0.15) is 11.5 Å². The normalized spacial score (nSPS) is 18.2. The van der Waals surface area contributed by atoms with Crippen molar-refractivity contribution >= 4 is 34.7 Å². The van der Waals surface area contributed by atoms with E-state index in [4.69, 9.17) is 11.6 Å². The number of amides is 2. The molecule has 2 heterocycles. The van der Waals surface area contributed by atoms with Crippen molar-refractivity contribution in [2.24, 2.45) is 0 Å². The van der Waals surface area contributed by atoms with Gasteiger partial charge in [0.25, 0.3) is 11.8 Å². The van der Waals surface area contributed by atoms with Gasteiger partial charge in [-0.05, 0) is 55.4 Å². The van der Waals surface area contributed by atoms with Crippen LogP contribution in [0.1, 0.15) is 11.1 Å². The van der Waals surface area contributed by atoms with Crippen LogP contribution in [0.2, 0.25) is 5.02 Å². The van der Waals surface area contributed by atoms with Crippen LogP contribution in [-0.4, -0.2) is 54.8 Å². The van der Waals surface area contributed by atoms with Crippen LogP contribution in [0.25, 0.3) is 5.57 Å². The van der Waals surface area contributed by atoms with Crippen LogP contribution in [0, 0.1) is 12.7 Å². The zero-order valence-electron chi connectivity index (χ0n) is 16.3. The molecule has 0 aliphatic carbocycles. The second kappa shape index (κ2) is 7.61. The zero-order valence-corrected chi connectivity index (χ0v) is 17.0. The van der Waals surface area contributed by atoms with E-state index in [1.165, 1.54) is 17.0 Å². The molecule has 0 N–H and O–H groups in total. The third-order valence-corrected chi connectivity index (χ3v) is 5.65. The van der Waals surface area contributed by atoms with Crippen LogP contribution in [0.15, 0.2) is 48.2 Å². The van der Waals surface area contributed by atoms with E-state index < -0.39 is 11.7 Å². The number of carbonyl (C=O) groups excluding carboxylic acids is 2. The predicted molar refractivity (Wildman–Crippen MR) is 111 cm³/mol. The first-order valence-electron chi connectivity index (χ1n) is 9.45. The SMILES string of the molecule is Cc1cc(Cl)ccc1N1C(=O)C(c2ccc(F)cc2)=C(N2CCN(C)CC2)C1=O. The fourth-order valence-corrected chi connectivity index (χ4v) is 4.03. The van der Waals surface area contributed by atoms with Crippen LogP contribution in [0.4, 0.5) is 10.1 Å². The quantitative estimate of drug-likeness (QED) is 0.724. The lowest BCUT2D eigenvalue weighted by Crippen LogP contribution is -2.46. The molecule has 2 aliphatic rings. The minimum absolute atomic E-state index is 0.314. The van der Waals surface area contributed by atoms with Gasteiger partial charge >= 0.3 is 0 Å². The number of hydrogen-bond donors (Lipinski definition) is 0.